The van der Waals surface area contributed by atoms with E-state index < -0.39 is 0 Å². The number of carbonyl (C=O) groups is 1. The Morgan fingerprint density at radius 1 is 1.37 bits per heavy atom. The molecule has 19 heavy (non-hydrogen) atoms. The van der Waals surface area contributed by atoms with Gasteiger partial charge in [0.25, 0.3) is 0 Å². The number of benzene rings is 1. The van der Waals surface area contributed by atoms with Crippen molar-refractivity contribution < 1.29 is 4.79 Å². The molecule has 2 rings (SSSR count). The van der Waals surface area contributed by atoms with Gasteiger partial charge in [-0.3, -0.25) is 4.79 Å². The Hall–Kier alpha value is -0.350. The molecule has 0 bridgehead atoms. The molecule has 4 heteroatoms. The molecule has 1 aromatic rings. The molecule has 104 valence electrons. The minimum atomic E-state index is -0.357. The van der Waals surface area contributed by atoms with Crippen LogP contribution in [0.3, 0.4) is 0 Å². The van der Waals surface area contributed by atoms with Gasteiger partial charge in [-0.25, -0.2) is 0 Å². The maximum absolute atomic E-state index is 12.3. The summed E-state index contributed by atoms with van der Waals surface area (Å²) in [6.07, 6.45) is 1.85. The van der Waals surface area contributed by atoms with Crippen LogP contribution in [0.5, 0.6) is 0 Å². The maximum Gasteiger partial charge on any atom is 0.228 e. The minimum absolute atomic E-state index is 0.0339. The van der Waals surface area contributed by atoms with E-state index in [1.807, 2.05) is 13.8 Å². The van der Waals surface area contributed by atoms with Crippen molar-refractivity contribution in [1.29, 1.82) is 0 Å². The van der Waals surface area contributed by atoms with E-state index in [9.17, 15) is 4.79 Å². The molecule has 0 saturated heterocycles. The first-order valence-electron chi connectivity index (χ1n) is 6.58. The molecule has 1 fully saturated rings. The molecule has 0 heterocycles. The Kier molecular flexibility index (Phi) is 4.12. The molecule has 0 radical (unpaired) electrons. The summed E-state index contributed by atoms with van der Waals surface area (Å²) >= 11 is 7.06. The number of halogens is 2. The number of carbonyl (C=O) groups excluding carboxylic acids is 1. The van der Waals surface area contributed by atoms with Crippen LogP contribution in [-0.4, -0.2) is 9.14 Å². The lowest BCUT2D eigenvalue weighted by Gasteiger charge is -2.19. The van der Waals surface area contributed by atoms with E-state index in [1.54, 1.807) is 0 Å². The summed E-state index contributed by atoms with van der Waals surface area (Å²) in [7, 11) is 0. The molecule has 0 aromatic heterocycles. The van der Waals surface area contributed by atoms with Gasteiger partial charge in [0.1, 0.15) is 0 Å². The lowest BCUT2D eigenvalue weighted by molar-refractivity contribution is -0.126. The van der Waals surface area contributed by atoms with Crippen LogP contribution in [0, 0.1) is 5.41 Å². The highest BCUT2D eigenvalue weighted by Crippen LogP contribution is 2.66. The smallest absolute Gasteiger partial charge is 0.228 e. The Bertz CT molecular complexity index is 483. The van der Waals surface area contributed by atoms with Crippen LogP contribution in [0.25, 0.3) is 0 Å². The molecule has 1 amide bonds. The molecule has 0 spiro atoms. The van der Waals surface area contributed by atoms with E-state index in [0.29, 0.717) is 0 Å². The number of nitrogens with one attached hydrogen (secondary N) is 1. The number of amides is 1. The van der Waals surface area contributed by atoms with Crippen molar-refractivity contribution in [3.05, 3.63) is 35.4 Å². The third-order valence-electron chi connectivity index (χ3n) is 3.99. The first kappa shape index (κ1) is 15.0. The van der Waals surface area contributed by atoms with Crippen molar-refractivity contribution >= 4 is 37.8 Å². The van der Waals surface area contributed by atoms with E-state index in [1.165, 1.54) is 5.56 Å². The van der Waals surface area contributed by atoms with Crippen LogP contribution in [-0.2, 0) is 11.2 Å². The highest BCUT2D eigenvalue weighted by Gasteiger charge is 2.66. The van der Waals surface area contributed by atoms with Crippen LogP contribution in [0.1, 0.15) is 44.4 Å². The lowest BCUT2D eigenvalue weighted by atomic mass is 10.0. The summed E-state index contributed by atoms with van der Waals surface area (Å²) in [5.74, 6) is 0.0910. The Morgan fingerprint density at radius 2 is 1.89 bits per heavy atom. The zero-order valence-corrected chi connectivity index (χ0v) is 14.6. The third-order valence-corrected chi connectivity index (χ3v) is 6.31. The van der Waals surface area contributed by atoms with E-state index in [-0.39, 0.29) is 20.6 Å². The standard InChI is InChI=1S/C15H19Br2NO/c1-4-11-5-7-12(8-6-11)10(2)18-13(19)14(3)9-15(14,16)17/h5-8,10H,4,9H2,1-3H3,(H,18,19)/t10-,14-/m1/s1. The van der Waals surface area contributed by atoms with Crippen LogP contribution in [0.15, 0.2) is 24.3 Å². The minimum Gasteiger partial charge on any atom is -0.349 e. The maximum atomic E-state index is 12.3. The van der Waals surface area contributed by atoms with Gasteiger partial charge in [0.05, 0.1) is 14.7 Å². The van der Waals surface area contributed by atoms with Crippen molar-refractivity contribution in [2.45, 2.75) is 42.9 Å². The topological polar surface area (TPSA) is 29.1 Å². The van der Waals surface area contributed by atoms with Crippen molar-refractivity contribution in [2.24, 2.45) is 5.41 Å². The van der Waals surface area contributed by atoms with Gasteiger partial charge in [0.2, 0.25) is 5.91 Å². The monoisotopic (exact) mass is 387 g/mol. The second-order valence-electron chi connectivity index (χ2n) is 5.50. The first-order valence-corrected chi connectivity index (χ1v) is 8.16. The number of hydrogen-bond donors (Lipinski definition) is 1. The Labute approximate surface area is 131 Å². The van der Waals surface area contributed by atoms with Crippen molar-refractivity contribution in [2.75, 3.05) is 0 Å². The molecule has 2 nitrogen and oxygen atoms in total. The molecule has 1 aliphatic carbocycles. The van der Waals surface area contributed by atoms with Crippen LogP contribution >= 0.6 is 31.9 Å². The highest BCUT2D eigenvalue weighted by molar-refractivity contribution is 9.25. The van der Waals surface area contributed by atoms with E-state index in [2.05, 4.69) is 68.4 Å². The average molecular weight is 389 g/mol. The lowest BCUT2D eigenvalue weighted by Crippen LogP contribution is -2.34. The quantitative estimate of drug-likeness (QED) is 0.764. The molecular formula is C15H19Br2NO. The van der Waals surface area contributed by atoms with Gasteiger partial charge in [-0.05, 0) is 37.8 Å². The van der Waals surface area contributed by atoms with Crippen LogP contribution in [0.2, 0.25) is 0 Å². The number of hydrogen-bond acceptors (Lipinski definition) is 1. The number of alkyl halides is 2. The van der Waals surface area contributed by atoms with Gasteiger partial charge in [0, 0.05) is 0 Å². The zero-order chi connectivity index (χ0) is 14.3. The fourth-order valence-corrected chi connectivity index (χ4v) is 3.61. The van der Waals surface area contributed by atoms with Gasteiger partial charge in [-0.15, -0.1) is 0 Å². The predicted octanol–water partition coefficient (Wildman–Crippen LogP) is 4.32. The summed E-state index contributed by atoms with van der Waals surface area (Å²) in [5, 5.41) is 3.09. The van der Waals surface area contributed by atoms with Gasteiger partial charge >= 0.3 is 0 Å². The van der Waals surface area contributed by atoms with Gasteiger partial charge < -0.3 is 5.32 Å². The average Bonchev–Trinajstić information content (AvgIpc) is 2.90. The molecule has 0 aliphatic heterocycles. The zero-order valence-electron chi connectivity index (χ0n) is 11.5. The summed E-state index contributed by atoms with van der Waals surface area (Å²) in [4.78, 5) is 12.3. The normalized spacial score (nSPS) is 25.7. The molecule has 1 aliphatic rings. The molecule has 0 unspecified atom stereocenters. The van der Waals surface area contributed by atoms with Crippen molar-refractivity contribution in [3.8, 4) is 0 Å². The fraction of sp³-hybridized carbons (Fsp3) is 0.533. The van der Waals surface area contributed by atoms with E-state index in [0.717, 1.165) is 18.4 Å². The number of rotatable bonds is 4. The first-order chi connectivity index (χ1) is 8.80. The Morgan fingerprint density at radius 3 is 2.32 bits per heavy atom. The van der Waals surface area contributed by atoms with Crippen molar-refractivity contribution in [1.82, 2.24) is 5.32 Å². The van der Waals surface area contributed by atoms with Gasteiger partial charge in [0.15, 0.2) is 0 Å². The SMILES string of the molecule is CCc1ccc([C@@H](C)NC(=O)[C@@]2(C)CC2(Br)Br)cc1. The molecule has 1 N–H and O–H groups in total. The van der Waals surface area contributed by atoms with E-state index in [4.69, 9.17) is 0 Å². The Balaban J connectivity index is 2.01. The highest BCUT2D eigenvalue weighted by atomic mass is 79.9. The summed E-state index contributed by atoms with van der Waals surface area (Å²) in [6, 6.07) is 8.46. The fourth-order valence-electron chi connectivity index (χ4n) is 2.13. The van der Waals surface area contributed by atoms with Crippen LogP contribution in [0.4, 0.5) is 0 Å². The predicted molar refractivity (Wildman–Crippen MR) is 85.7 cm³/mol. The van der Waals surface area contributed by atoms with Crippen LogP contribution < -0.4 is 5.32 Å². The molecular weight excluding hydrogens is 370 g/mol. The second-order valence-corrected chi connectivity index (χ2v) is 9.28. The largest absolute Gasteiger partial charge is 0.349 e. The third kappa shape index (κ3) is 2.89. The second kappa shape index (κ2) is 5.21. The summed E-state index contributed by atoms with van der Waals surface area (Å²) < 4.78 is -0.233. The number of aryl methyl sites for hydroxylation is 1. The molecule has 1 aromatic carbocycles. The summed E-state index contributed by atoms with van der Waals surface area (Å²) in [6.45, 7) is 6.13. The molecule has 2 atom stereocenters. The van der Waals surface area contributed by atoms with Crippen molar-refractivity contribution in [3.63, 3.8) is 0 Å². The van der Waals surface area contributed by atoms with Gasteiger partial charge in [-0.2, -0.15) is 0 Å². The molecule has 1 saturated carbocycles. The summed E-state index contributed by atoms with van der Waals surface area (Å²) in [5.41, 5.74) is 2.10. The van der Waals surface area contributed by atoms with E-state index >= 15 is 0 Å². The van der Waals surface area contributed by atoms with Gasteiger partial charge in [-0.1, -0.05) is 63.0 Å².